The molecule has 0 bridgehead atoms. The fraction of sp³-hybridized carbons (Fsp3) is 0.450. The number of nitrogens with one attached hydrogen (secondary N) is 2. The minimum absolute atomic E-state index is 0.0110. The van der Waals surface area contributed by atoms with Crippen molar-refractivity contribution in [3.05, 3.63) is 52.8 Å². The number of aromatic nitrogens is 2. The summed E-state index contributed by atoms with van der Waals surface area (Å²) in [6, 6.07) is 8.23. The molecule has 10 nitrogen and oxygen atoms in total. The number of para-hydroxylation sites is 2. The van der Waals surface area contributed by atoms with Gasteiger partial charge in [0.15, 0.2) is 0 Å². The van der Waals surface area contributed by atoms with Crippen molar-refractivity contribution in [2.45, 2.75) is 12.8 Å². The number of hydrogen-bond acceptors (Lipinski definition) is 8. The molecular weight excluding hydrogens is 386 g/mol. The highest BCUT2D eigenvalue weighted by atomic mass is 16.6. The molecule has 160 valence electrons. The quantitative estimate of drug-likeness (QED) is 0.342. The Morgan fingerprint density at radius 3 is 2.53 bits per heavy atom. The molecule has 1 saturated heterocycles. The summed E-state index contributed by atoms with van der Waals surface area (Å²) in [6.07, 6.45) is 4.66. The Kier molecular flexibility index (Phi) is 7.90. The third-order valence-corrected chi connectivity index (χ3v) is 4.95. The largest absolute Gasteiger partial charge is 0.379 e. The van der Waals surface area contributed by atoms with Gasteiger partial charge in [0.1, 0.15) is 5.69 Å². The average Bonchev–Trinajstić information content (AvgIpc) is 2.78. The second kappa shape index (κ2) is 11.1. The van der Waals surface area contributed by atoms with E-state index in [1.54, 1.807) is 30.6 Å². The van der Waals surface area contributed by atoms with Crippen LogP contribution in [0.5, 0.6) is 0 Å². The van der Waals surface area contributed by atoms with Gasteiger partial charge in [-0.1, -0.05) is 12.1 Å². The van der Waals surface area contributed by atoms with Crippen LogP contribution in [0.3, 0.4) is 0 Å². The Labute approximate surface area is 175 Å². The summed E-state index contributed by atoms with van der Waals surface area (Å²) in [7, 11) is 0. The molecule has 1 aliphatic heterocycles. The molecule has 1 amide bonds. The van der Waals surface area contributed by atoms with Gasteiger partial charge in [0.25, 0.3) is 5.69 Å². The molecule has 0 atom stereocenters. The molecule has 1 aromatic heterocycles. The molecule has 1 aliphatic rings. The van der Waals surface area contributed by atoms with E-state index in [1.165, 1.54) is 6.07 Å². The van der Waals surface area contributed by atoms with Crippen LogP contribution in [0.15, 0.2) is 42.7 Å². The standard InChI is InChI=1S/C20H27N7O3/c28-19(7-11-21-17-5-1-2-6-18(17)27(29)30)22-10-4-12-25-13-15-26(16-14-25)20-23-8-3-9-24-20/h1-3,5-6,8-9,21H,4,7,10-16H2,(H,22,28). The number of nitro groups is 1. The topological polar surface area (TPSA) is 117 Å². The number of carbonyl (C=O) groups excluding carboxylic acids is 1. The van der Waals surface area contributed by atoms with Crippen LogP contribution in [0.4, 0.5) is 17.3 Å². The summed E-state index contributed by atoms with van der Waals surface area (Å²) in [4.78, 5) is 35.7. The summed E-state index contributed by atoms with van der Waals surface area (Å²) in [6.45, 7) is 5.59. The van der Waals surface area contributed by atoms with Crippen molar-refractivity contribution < 1.29 is 9.72 Å². The van der Waals surface area contributed by atoms with E-state index in [9.17, 15) is 14.9 Å². The predicted octanol–water partition coefficient (Wildman–Crippen LogP) is 1.52. The number of rotatable bonds is 10. The van der Waals surface area contributed by atoms with E-state index in [0.717, 1.165) is 45.1 Å². The van der Waals surface area contributed by atoms with Gasteiger partial charge in [0.2, 0.25) is 11.9 Å². The van der Waals surface area contributed by atoms with Crippen LogP contribution in [-0.4, -0.2) is 71.5 Å². The predicted molar refractivity (Wildman–Crippen MR) is 115 cm³/mol. The van der Waals surface area contributed by atoms with Gasteiger partial charge >= 0.3 is 0 Å². The first-order valence-electron chi connectivity index (χ1n) is 10.1. The Morgan fingerprint density at radius 1 is 1.07 bits per heavy atom. The van der Waals surface area contributed by atoms with Crippen LogP contribution >= 0.6 is 0 Å². The number of nitro benzene ring substituents is 1. The fourth-order valence-electron chi connectivity index (χ4n) is 3.34. The van der Waals surface area contributed by atoms with Gasteiger partial charge in [0.05, 0.1) is 4.92 Å². The molecule has 1 fully saturated rings. The van der Waals surface area contributed by atoms with Crippen molar-refractivity contribution in [2.75, 3.05) is 56.0 Å². The molecule has 30 heavy (non-hydrogen) atoms. The Morgan fingerprint density at radius 2 is 1.80 bits per heavy atom. The van der Waals surface area contributed by atoms with E-state index >= 15 is 0 Å². The number of amides is 1. The van der Waals surface area contributed by atoms with Gasteiger partial charge in [-0.15, -0.1) is 0 Å². The zero-order chi connectivity index (χ0) is 21.2. The summed E-state index contributed by atoms with van der Waals surface area (Å²) in [5.41, 5.74) is 0.437. The smallest absolute Gasteiger partial charge is 0.292 e. The fourth-order valence-corrected chi connectivity index (χ4v) is 3.34. The number of anilines is 2. The van der Waals surface area contributed by atoms with E-state index in [0.29, 0.717) is 18.8 Å². The van der Waals surface area contributed by atoms with Gasteiger partial charge in [-0.25, -0.2) is 9.97 Å². The molecule has 2 heterocycles. The van der Waals surface area contributed by atoms with Gasteiger partial charge in [-0.05, 0) is 25.1 Å². The van der Waals surface area contributed by atoms with E-state index in [4.69, 9.17) is 0 Å². The lowest BCUT2D eigenvalue weighted by atomic mass is 10.2. The number of benzene rings is 1. The molecule has 2 N–H and O–H groups in total. The van der Waals surface area contributed by atoms with E-state index in [-0.39, 0.29) is 18.0 Å². The third-order valence-electron chi connectivity index (χ3n) is 4.95. The molecule has 1 aromatic carbocycles. The van der Waals surface area contributed by atoms with Gasteiger partial charge in [0, 0.05) is 64.1 Å². The SMILES string of the molecule is O=C(CCNc1ccccc1[N+](=O)[O-])NCCCN1CCN(c2ncccn2)CC1. The van der Waals surface area contributed by atoms with Crippen molar-refractivity contribution in [3.8, 4) is 0 Å². The molecule has 0 spiro atoms. The van der Waals surface area contributed by atoms with E-state index < -0.39 is 4.92 Å². The Bertz CT molecular complexity index is 826. The van der Waals surface area contributed by atoms with Crippen LogP contribution < -0.4 is 15.5 Å². The first-order chi connectivity index (χ1) is 14.6. The van der Waals surface area contributed by atoms with Crippen molar-refractivity contribution in [3.63, 3.8) is 0 Å². The highest BCUT2D eigenvalue weighted by Gasteiger charge is 2.18. The molecular formula is C20H27N7O3. The second-order valence-corrected chi connectivity index (χ2v) is 7.03. The lowest BCUT2D eigenvalue weighted by Crippen LogP contribution is -2.47. The van der Waals surface area contributed by atoms with Gasteiger partial charge in [-0.3, -0.25) is 19.8 Å². The van der Waals surface area contributed by atoms with Crippen molar-refractivity contribution >= 4 is 23.2 Å². The van der Waals surface area contributed by atoms with Crippen LogP contribution in [-0.2, 0) is 4.79 Å². The zero-order valence-electron chi connectivity index (χ0n) is 16.9. The van der Waals surface area contributed by atoms with Crippen LogP contribution in [0.1, 0.15) is 12.8 Å². The number of piperazine rings is 1. The summed E-state index contributed by atoms with van der Waals surface area (Å²) >= 11 is 0. The monoisotopic (exact) mass is 413 g/mol. The molecule has 0 unspecified atom stereocenters. The molecule has 2 aromatic rings. The third kappa shape index (κ3) is 6.38. The van der Waals surface area contributed by atoms with Crippen molar-refractivity contribution in [1.82, 2.24) is 20.2 Å². The summed E-state index contributed by atoms with van der Waals surface area (Å²) < 4.78 is 0. The lowest BCUT2D eigenvalue weighted by Gasteiger charge is -2.34. The first-order valence-corrected chi connectivity index (χ1v) is 10.1. The molecule has 3 rings (SSSR count). The Hall–Kier alpha value is -3.27. The maximum atomic E-state index is 12.0. The van der Waals surface area contributed by atoms with Crippen molar-refractivity contribution in [1.29, 1.82) is 0 Å². The first kappa shape index (κ1) is 21.4. The van der Waals surface area contributed by atoms with E-state index in [2.05, 4.69) is 30.4 Å². The highest BCUT2D eigenvalue weighted by Crippen LogP contribution is 2.22. The van der Waals surface area contributed by atoms with Crippen LogP contribution in [0.25, 0.3) is 0 Å². The van der Waals surface area contributed by atoms with Crippen molar-refractivity contribution in [2.24, 2.45) is 0 Å². The molecule has 0 saturated carbocycles. The van der Waals surface area contributed by atoms with Gasteiger partial charge in [-0.2, -0.15) is 0 Å². The average molecular weight is 413 g/mol. The number of nitrogens with zero attached hydrogens (tertiary/aromatic N) is 5. The zero-order valence-corrected chi connectivity index (χ0v) is 16.9. The number of hydrogen-bond donors (Lipinski definition) is 2. The maximum Gasteiger partial charge on any atom is 0.292 e. The minimum atomic E-state index is -0.435. The highest BCUT2D eigenvalue weighted by molar-refractivity contribution is 5.76. The molecule has 10 heteroatoms. The summed E-state index contributed by atoms with van der Waals surface area (Å²) in [5.74, 6) is 0.714. The van der Waals surface area contributed by atoms with Gasteiger partial charge < -0.3 is 15.5 Å². The van der Waals surface area contributed by atoms with Crippen LogP contribution in [0.2, 0.25) is 0 Å². The Balaban J connectivity index is 1.26. The summed E-state index contributed by atoms with van der Waals surface area (Å²) in [5, 5.41) is 16.9. The molecule has 0 aliphatic carbocycles. The normalized spacial score (nSPS) is 14.3. The number of carbonyl (C=O) groups is 1. The second-order valence-electron chi connectivity index (χ2n) is 7.03. The van der Waals surface area contributed by atoms with E-state index in [1.807, 2.05) is 6.07 Å². The lowest BCUT2D eigenvalue weighted by molar-refractivity contribution is -0.384. The maximum absolute atomic E-state index is 12.0. The minimum Gasteiger partial charge on any atom is -0.379 e. The molecule has 0 radical (unpaired) electrons. The van der Waals surface area contributed by atoms with Crippen LogP contribution in [0, 0.1) is 10.1 Å².